The van der Waals surface area contributed by atoms with Crippen molar-refractivity contribution in [2.24, 2.45) is 0 Å². The first-order valence-electron chi connectivity index (χ1n) is 11.7. The maximum absolute atomic E-state index is 12.8. The molecule has 0 spiro atoms. The number of nitrogens with zero attached hydrogens (tertiary/aromatic N) is 4. The van der Waals surface area contributed by atoms with E-state index < -0.39 is 16.1 Å². The summed E-state index contributed by atoms with van der Waals surface area (Å²) in [5.41, 5.74) is 5.25. The number of nitriles is 1. The van der Waals surface area contributed by atoms with Crippen LogP contribution in [-0.2, 0) is 27.9 Å². The molecule has 2 aliphatic rings. The second kappa shape index (κ2) is 9.46. The summed E-state index contributed by atoms with van der Waals surface area (Å²) in [5.74, 6) is 0.259. The first-order valence-corrected chi connectivity index (χ1v) is 13.2. The number of carbonyl (C=O) groups excluding carboxylic acids is 1. The van der Waals surface area contributed by atoms with E-state index in [2.05, 4.69) is 26.2 Å². The van der Waals surface area contributed by atoms with Gasteiger partial charge in [0.2, 0.25) is 10.0 Å². The Kier molecular flexibility index (Phi) is 6.34. The van der Waals surface area contributed by atoms with Gasteiger partial charge in [-0.15, -0.1) is 0 Å². The zero-order valence-electron chi connectivity index (χ0n) is 20.0. The van der Waals surface area contributed by atoms with Crippen molar-refractivity contribution in [3.8, 4) is 11.9 Å². The average Bonchev–Trinajstić information content (AvgIpc) is 3.51. The van der Waals surface area contributed by atoms with E-state index in [1.165, 1.54) is 6.20 Å². The number of pyridine rings is 1. The fraction of sp³-hybridized carbons (Fsp3) is 0.360. The highest BCUT2D eigenvalue weighted by atomic mass is 32.2. The van der Waals surface area contributed by atoms with Crippen molar-refractivity contribution in [1.82, 2.24) is 24.8 Å². The summed E-state index contributed by atoms with van der Waals surface area (Å²) in [4.78, 5) is 16.2. The third-order valence-corrected chi connectivity index (χ3v) is 8.58. The van der Waals surface area contributed by atoms with E-state index in [9.17, 15) is 13.2 Å². The van der Waals surface area contributed by atoms with Gasteiger partial charge < -0.3 is 10.1 Å². The molecule has 36 heavy (non-hydrogen) atoms. The number of carbonyl (C=O) groups is 1. The van der Waals surface area contributed by atoms with E-state index in [0.717, 1.165) is 27.8 Å². The molecule has 1 aliphatic heterocycles. The number of cyclic esters (lactones) is 1. The number of rotatable bonds is 9. The number of aryl methyl sites for hydroxylation is 1. The second-order valence-electron chi connectivity index (χ2n) is 9.19. The molecule has 10 nitrogen and oxygen atoms in total. The predicted molar refractivity (Wildman–Crippen MR) is 131 cm³/mol. The topological polar surface area (TPSA) is 139 Å². The molecule has 3 aromatic rings. The van der Waals surface area contributed by atoms with Crippen LogP contribution in [0.25, 0.3) is 5.82 Å². The average molecular weight is 507 g/mol. The Balaban J connectivity index is 1.32. The fourth-order valence-electron chi connectivity index (χ4n) is 4.35. The highest BCUT2D eigenvalue weighted by Crippen LogP contribution is 2.32. The first-order chi connectivity index (χ1) is 17.3. The van der Waals surface area contributed by atoms with Crippen molar-refractivity contribution in [1.29, 1.82) is 5.26 Å². The van der Waals surface area contributed by atoms with Gasteiger partial charge in [0.1, 0.15) is 12.7 Å². The quantitative estimate of drug-likeness (QED) is 0.422. The van der Waals surface area contributed by atoms with Crippen LogP contribution in [0.1, 0.15) is 62.6 Å². The SMILES string of the molecule is Cc1cc(-n2cc(CNC[C@H](NS(=O)(=O)C3CC3)c3ccc4c(c3C)COC4=O)cn2)ncc1C#N. The fourth-order valence-corrected chi connectivity index (χ4v) is 5.91. The van der Waals surface area contributed by atoms with Gasteiger partial charge >= 0.3 is 5.97 Å². The van der Waals surface area contributed by atoms with E-state index >= 15 is 0 Å². The van der Waals surface area contributed by atoms with Crippen LogP contribution in [0.15, 0.2) is 36.8 Å². The number of nitrogens with one attached hydrogen (secondary N) is 2. The lowest BCUT2D eigenvalue weighted by Crippen LogP contribution is -2.37. The molecule has 2 N–H and O–H groups in total. The number of hydrogen-bond acceptors (Lipinski definition) is 8. The van der Waals surface area contributed by atoms with Crippen LogP contribution in [0.5, 0.6) is 0 Å². The van der Waals surface area contributed by atoms with Gasteiger partial charge in [-0.25, -0.2) is 27.6 Å². The summed E-state index contributed by atoms with van der Waals surface area (Å²) in [5, 5.41) is 16.5. The van der Waals surface area contributed by atoms with E-state index in [1.807, 2.05) is 20.0 Å². The van der Waals surface area contributed by atoms with Gasteiger partial charge in [0.25, 0.3) is 0 Å². The van der Waals surface area contributed by atoms with Crippen LogP contribution >= 0.6 is 0 Å². The molecule has 1 aliphatic carbocycles. The Morgan fingerprint density at radius 3 is 2.81 bits per heavy atom. The molecule has 1 saturated carbocycles. The minimum absolute atomic E-state index is 0.200. The van der Waals surface area contributed by atoms with Gasteiger partial charge in [0, 0.05) is 36.6 Å². The lowest BCUT2D eigenvalue weighted by atomic mass is 9.94. The molecule has 0 radical (unpaired) electrons. The molecule has 1 aromatic carbocycles. The van der Waals surface area contributed by atoms with Gasteiger partial charge in [0.15, 0.2) is 5.82 Å². The molecule has 1 atom stereocenters. The zero-order valence-corrected chi connectivity index (χ0v) is 20.8. The highest BCUT2D eigenvalue weighted by molar-refractivity contribution is 7.90. The van der Waals surface area contributed by atoms with Crippen molar-refractivity contribution in [3.05, 3.63) is 75.7 Å². The van der Waals surface area contributed by atoms with Crippen LogP contribution in [0.2, 0.25) is 0 Å². The third-order valence-electron chi connectivity index (χ3n) is 6.62. The van der Waals surface area contributed by atoms with Crippen molar-refractivity contribution in [3.63, 3.8) is 0 Å². The van der Waals surface area contributed by atoms with Crippen molar-refractivity contribution < 1.29 is 17.9 Å². The summed E-state index contributed by atoms with van der Waals surface area (Å²) in [7, 11) is -3.45. The maximum atomic E-state index is 12.8. The van der Waals surface area contributed by atoms with Crippen LogP contribution in [0.3, 0.4) is 0 Å². The summed E-state index contributed by atoms with van der Waals surface area (Å²) in [6.07, 6.45) is 6.42. The number of hydrogen-bond donors (Lipinski definition) is 2. The molecule has 5 rings (SSSR count). The van der Waals surface area contributed by atoms with Gasteiger partial charge in [-0.2, -0.15) is 10.4 Å². The molecule has 0 unspecified atom stereocenters. The molecule has 3 heterocycles. The first kappa shape index (κ1) is 24.1. The molecule has 0 amide bonds. The minimum atomic E-state index is -3.45. The second-order valence-corrected chi connectivity index (χ2v) is 11.2. The summed E-state index contributed by atoms with van der Waals surface area (Å²) in [6.45, 7) is 4.75. The standard InChI is InChI=1S/C25H26N6O4S/c1-15-7-24(28-11-18(15)8-26)31-13-17(10-29-31)9-27-12-23(30-36(33,34)19-3-4-19)20-5-6-21-22(16(20)2)14-35-25(21)32/h5-7,10-11,13,19,23,27,30H,3-4,9,12,14H2,1-2H3/t23-/m0/s1. The van der Waals surface area contributed by atoms with Crippen molar-refractivity contribution in [2.75, 3.05) is 6.54 Å². The van der Waals surface area contributed by atoms with Crippen molar-refractivity contribution in [2.45, 2.75) is 51.1 Å². The lowest BCUT2D eigenvalue weighted by molar-refractivity contribution is 0.0535. The molecule has 0 bridgehead atoms. The van der Waals surface area contributed by atoms with E-state index in [1.54, 1.807) is 29.1 Å². The number of esters is 1. The van der Waals surface area contributed by atoms with Crippen LogP contribution in [0.4, 0.5) is 0 Å². The van der Waals surface area contributed by atoms with Crippen LogP contribution < -0.4 is 10.0 Å². The van der Waals surface area contributed by atoms with Crippen molar-refractivity contribution >= 4 is 16.0 Å². The van der Waals surface area contributed by atoms with Gasteiger partial charge in [-0.05, 0) is 55.5 Å². The summed E-state index contributed by atoms with van der Waals surface area (Å²) < 4.78 is 35.2. The third kappa shape index (κ3) is 4.75. The number of benzene rings is 1. The monoisotopic (exact) mass is 506 g/mol. The molecule has 186 valence electrons. The molecule has 11 heteroatoms. The molecule has 1 fully saturated rings. The maximum Gasteiger partial charge on any atom is 0.338 e. The van der Waals surface area contributed by atoms with Crippen LogP contribution in [-0.4, -0.2) is 40.9 Å². The Morgan fingerprint density at radius 1 is 1.28 bits per heavy atom. The Hall–Kier alpha value is -3.59. The number of sulfonamides is 1. The van der Waals surface area contributed by atoms with E-state index in [4.69, 9.17) is 10.00 Å². The van der Waals surface area contributed by atoms with E-state index in [-0.39, 0.29) is 17.8 Å². The normalized spacial score (nSPS) is 15.9. The lowest BCUT2D eigenvalue weighted by Gasteiger charge is -2.22. The predicted octanol–water partition coefficient (Wildman–Crippen LogP) is 2.34. The number of fused-ring (bicyclic) bond motifs is 1. The number of ether oxygens (including phenoxy) is 1. The van der Waals surface area contributed by atoms with Gasteiger partial charge in [-0.1, -0.05) is 6.07 Å². The smallest absolute Gasteiger partial charge is 0.338 e. The molecular formula is C25H26N6O4S. The van der Waals surface area contributed by atoms with Gasteiger partial charge in [0.05, 0.1) is 28.6 Å². The summed E-state index contributed by atoms with van der Waals surface area (Å²) in [6, 6.07) is 6.92. The Morgan fingerprint density at radius 2 is 2.08 bits per heavy atom. The zero-order chi connectivity index (χ0) is 25.4. The molecular weight excluding hydrogens is 480 g/mol. The molecule has 2 aromatic heterocycles. The van der Waals surface area contributed by atoms with Crippen LogP contribution in [0, 0.1) is 25.2 Å². The van der Waals surface area contributed by atoms with E-state index in [0.29, 0.717) is 42.9 Å². The van der Waals surface area contributed by atoms with Gasteiger partial charge in [-0.3, -0.25) is 0 Å². The minimum Gasteiger partial charge on any atom is -0.457 e. The number of aromatic nitrogens is 3. The largest absolute Gasteiger partial charge is 0.457 e. The molecule has 0 saturated heterocycles. The summed E-state index contributed by atoms with van der Waals surface area (Å²) >= 11 is 0. The Labute approximate surface area is 209 Å². The highest BCUT2D eigenvalue weighted by Gasteiger charge is 2.38. The Bertz CT molecular complexity index is 1490.